The molecule has 2 amide bonds. The number of oxime groups is 1. The molecule has 2 fully saturated rings. The van der Waals surface area contributed by atoms with Gasteiger partial charge >= 0.3 is 5.97 Å². The average Bonchev–Trinajstić information content (AvgIpc) is 3.11. The fourth-order valence-corrected chi connectivity index (χ4v) is 6.32. The lowest BCUT2D eigenvalue weighted by molar-refractivity contribution is -0.152. The van der Waals surface area contributed by atoms with Crippen molar-refractivity contribution in [3.63, 3.8) is 0 Å². The van der Waals surface area contributed by atoms with Crippen LogP contribution in [-0.2, 0) is 19.2 Å². The zero-order valence-corrected chi connectivity index (χ0v) is 18.0. The van der Waals surface area contributed by atoms with E-state index < -0.39 is 22.7 Å². The highest BCUT2D eigenvalue weighted by Gasteiger charge is 2.60. The van der Waals surface area contributed by atoms with Gasteiger partial charge in [-0.3, -0.25) is 14.4 Å². The number of thiazole rings is 1. The van der Waals surface area contributed by atoms with E-state index in [-0.39, 0.29) is 39.6 Å². The number of aliphatic carboxylic acids is 1. The van der Waals surface area contributed by atoms with E-state index in [4.69, 9.17) is 10.6 Å². The minimum Gasteiger partial charge on any atom is -0.480 e. The Morgan fingerprint density at radius 3 is 2.90 bits per heavy atom. The normalized spacial score (nSPS) is 28.9. The molecule has 13 heteroatoms. The molecule has 2 saturated heterocycles. The smallest absolute Gasteiger partial charge is 0.323 e. The lowest BCUT2D eigenvalue weighted by atomic mass is 9.98. The Labute approximate surface area is 178 Å². The third kappa shape index (κ3) is 3.69. The van der Waals surface area contributed by atoms with Gasteiger partial charge in [-0.15, -0.1) is 34.9 Å². The van der Waals surface area contributed by atoms with Crippen LogP contribution in [0.15, 0.2) is 22.5 Å². The van der Waals surface area contributed by atoms with Crippen LogP contribution in [0.5, 0.6) is 0 Å². The fraction of sp³-hybridized carbons (Fsp3) is 0.438. The maximum Gasteiger partial charge on any atom is 0.323 e. The highest BCUT2D eigenvalue weighted by molar-refractivity contribution is 8.07. The van der Waals surface area contributed by atoms with Crippen LogP contribution in [0.3, 0.4) is 0 Å². The van der Waals surface area contributed by atoms with Crippen LogP contribution in [-0.4, -0.2) is 73.6 Å². The first-order chi connectivity index (χ1) is 13.7. The number of nitrogen functional groups attached to an aromatic ring is 1. The van der Waals surface area contributed by atoms with Gasteiger partial charge in [-0.25, -0.2) is 4.98 Å². The monoisotopic (exact) mass is 457 g/mol. The summed E-state index contributed by atoms with van der Waals surface area (Å²) < 4.78 is -1.19. The molecule has 3 unspecified atom stereocenters. The SMILES string of the molecule is C=CSC1(C(=O)O)CN2C(=O)C(NC(=O)C(=NOC)c3csc(N)n3)[C@H]2SC1C. The number of aromatic nitrogens is 1. The summed E-state index contributed by atoms with van der Waals surface area (Å²) in [5.41, 5.74) is 5.76. The van der Waals surface area contributed by atoms with Crippen LogP contribution >= 0.6 is 34.9 Å². The van der Waals surface area contributed by atoms with Crippen molar-refractivity contribution in [3.05, 3.63) is 23.1 Å². The molecule has 10 nitrogen and oxygen atoms in total. The highest BCUT2D eigenvalue weighted by Crippen LogP contribution is 2.48. The first kappa shape index (κ1) is 21.5. The van der Waals surface area contributed by atoms with Gasteiger partial charge in [-0.1, -0.05) is 18.7 Å². The summed E-state index contributed by atoms with van der Waals surface area (Å²) in [4.78, 5) is 47.5. The van der Waals surface area contributed by atoms with Crippen LogP contribution in [0.4, 0.5) is 5.13 Å². The van der Waals surface area contributed by atoms with Crippen molar-refractivity contribution >= 4 is 63.5 Å². The molecule has 0 aromatic carbocycles. The van der Waals surface area contributed by atoms with Crippen LogP contribution in [0.1, 0.15) is 12.6 Å². The molecule has 0 spiro atoms. The van der Waals surface area contributed by atoms with Gasteiger partial charge in [0.15, 0.2) is 10.8 Å². The van der Waals surface area contributed by atoms with Gasteiger partial charge in [0.25, 0.3) is 5.91 Å². The van der Waals surface area contributed by atoms with Crippen molar-refractivity contribution in [2.24, 2.45) is 5.16 Å². The molecular formula is C16H19N5O5S3. The van der Waals surface area contributed by atoms with Crippen molar-refractivity contribution in [1.82, 2.24) is 15.2 Å². The maximum absolute atomic E-state index is 12.7. The van der Waals surface area contributed by atoms with Gasteiger partial charge in [-0.2, -0.15) is 0 Å². The van der Waals surface area contributed by atoms with Crippen molar-refractivity contribution in [3.8, 4) is 0 Å². The van der Waals surface area contributed by atoms with E-state index in [1.54, 1.807) is 12.3 Å². The number of carbonyl (C=O) groups excluding carboxylic acids is 2. The summed E-state index contributed by atoms with van der Waals surface area (Å²) in [6.45, 7) is 5.44. The van der Waals surface area contributed by atoms with Gasteiger partial charge in [0.2, 0.25) is 5.91 Å². The number of nitrogens with zero attached hydrogens (tertiary/aromatic N) is 3. The van der Waals surface area contributed by atoms with Gasteiger partial charge in [0.05, 0.1) is 0 Å². The number of hydrogen-bond donors (Lipinski definition) is 3. The Kier molecular flexibility index (Phi) is 6.10. The largest absolute Gasteiger partial charge is 0.480 e. The van der Waals surface area contributed by atoms with Crippen molar-refractivity contribution in [2.45, 2.75) is 28.3 Å². The standard InChI is InChI=1S/C16H19N5O5S3/c1-4-28-16(14(24)25)6-21-12(23)10(13(21)29-7(16)2)19-11(22)9(20-26-3)8-5-27-15(17)18-8/h4-5,7,10,13H,1,6H2,2-3H3,(H2,17,18)(H,19,22)(H,24,25)/t7?,10?,13-,16?/m1/s1. The molecule has 4 atom stereocenters. The molecule has 0 bridgehead atoms. The Hall–Kier alpha value is -2.25. The molecule has 4 N–H and O–H groups in total. The minimum absolute atomic E-state index is 0.0324. The molecule has 2 aliphatic heterocycles. The number of thioether (sulfide) groups is 2. The van der Waals surface area contributed by atoms with E-state index in [0.29, 0.717) is 0 Å². The first-order valence-corrected chi connectivity index (χ1v) is 11.1. The predicted octanol–water partition coefficient (Wildman–Crippen LogP) is 0.564. The van der Waals surface area contributed by atoms with Crippen molar-refractivity contribution in [1.29, 1.82) is 0 Å². The quantitative estimate of drug-likeness (QED) is 0.303. The van der Waals surface area contributed by atoms with Crippen LogP contribution in [0.2, 0.25) is 0 Å². The molecule has 0 saturated carbocycles. The molecule has 0 aliphatic carbocycles. The maximum atomic E-state index is 12.7. The van der Waals surface area contributed by atoms with E-state index in [1.807, 2.05) is 0 Å². The number of β-lactam (4-membered cyclic amide) rings is 1. The number of carboxylic acid groups (broad SMARTS) is 1. The Morgan fingerprint density at radius 1 is 1.62 bits per heavy atom. The molecule has 1 aromatic rings. The van der Waals surface area contributed by atoms with Crippen LogP contribution in [0.25, 0.3) is 0 Å². The number of amides is 2. The second kappa shape index (κ2) is 8.24. The zero-order valence-electron chi connectivity index (χ0n) is 15.5. The Morgan fingerprint density at radius 2 is 2.34 bits per heavy atom. The topological polar surface area (TPSA) is 147 Å². The number of nitrogens with one attached hydrogen (secondary N) is 1. The number of nitrogens with two attached hydrogens (primary N) is 1. The number of carboxylic acids is 1. The predicted molar refractivity (Wildman–Crippen MR) is 113 cm³/mol. The fourth-order valence-electron chi connectivity index (χ4n) is 3.15. The molecule has 0 radical (unpaired) electrons. The summed E-state index contributed by atoms with van der Waals surface area (Å²) >= 11 is 3.56. The second-order valence-electron chi connectivity index (χ2n) is 6.26. The third-order valence-electron chi connectivity index (χ3n) is 4.65. The number of hydrogen-bond acceptors (Lipinski definition) is 10. The number of rotatable bonds is 7. The van der Waals surface area contributed by atoms with E-state index in [9.17, 15) is 19.5 Å². The summed E-state index contributed by atoms with van der Waals surface area (Å²) in [5, 5.41) is 18.7. The minimum atomic E-state index is -1.19. The van der Waals surface area contributed by atoms with E-state index >= 15 is 0 Å². The van der Waals surface area contributed by atoms with E-state index in [2.05, 4.69) is 22.0 Å². The Balaban J connectivity index is 1.75. The zero-order chi connectivity index (χ0) is 21.3. The van der Waals surface area contributed by atoms with Crippen molar-refractivity contribution in [2.75, 3.05) is 19.4 Å². The van der Waals surface area contributed by atoms with E-state index in [0.717, 1.165) is 23.1 Å². The highest BCUT2D eigenvalue weighted by atomic mass is 32.2. The second-order valence-corrected chi connectivity index (χ2v) is 9.91. The number of anilines is 1. The molecule has 3 rings (SSSR count). The first-order valence-electron chi connectivity index (χ1n) is 8.36. The van der Waals surface area contributed by atoms with Gasteiger partial charge in [-0.05, 0) is 5.41 Å². The number of carbonyl (C=O) groups is 3. The molecule has 156 valence electrons. The molecule has 2 aliphatic rings. The van der Waals surface area contributed by atoms with Crippen LogP contribution in [0, 0.1) is 0 Å². The average molecular weight is 458 g/mol. The van der Waals surface area contributed by atoms with Crippen LogP contribution < -0.4 is 11.1 Å². The lowest BCUT2D eigenvalue weighted by Crippen LogP contribution is -2.76. The van der Waals surface area contributed by atoms with Gasteiger partial charge in [0, 0.05) is 17.2 Å². The van der Waals surface area contributed by atoms with Crippen molar-refractivity contribution < 1.29 is 24.3 Å². The molecular weight excluding hydrogens is 438 g/mol. The lowest BCUT2D eigenvalue weighted by Gasteiger charge is -2.55. The summed E-state index contributed by atoms with van der Waals surface area (Å²) in [6.07, 6.45) is 0. The van der Waals surface area contributed by atoms with E-state index in [1.165, 1.54) is 29.2 Å². The molecule has 3 heterocycles. The Bertz CT molecular complexity index is 890. The third-order valence-corrected chi connectivity index (χ3v) is 8.34. The molecule has 1 aromatic heterocycles. The molecule has 29 heavy (non-hydrogen) atoms. The summed E-state index contributed by atoms with van der Waals surface area (Å²) in [6, 6.07) is -0.798. The summed E-state index contributed by atoms with van der Waals surface area (Å²) in [5.74, 6) is -1.98. The van der Waals surface area contributed by atoms with Gasteiger partial charge in [0.1, 0.15) is 29.0 Å². The summed E-state index contributed by atoms with van der Waals surface area (Å²) in [7, 11) is 1.29. The van der Waals surface area contributed by atoms with Gasteiger partial charge < -0.3 is 25.9 Å². The number of fused-ring (bicyclic) bond motifs is 1.